The Labute approximate surface area is 326 Å². The maximum Gasteiger partial charge on any atom is 0.159 e. The third-order valence-corrected chi connectivity index (χ3v) is 12.5. The summed E-state index contributed by atoms with van der Waals surface area (Å²) in [6.07, 6.45) is 0. The molecule has 0 atom stereocenters. The Kier molecular flexibility index (Phi) is 6.80. The molecule has 3 heterocycles. The number of hydrogen-bond acceptors (Lipinski definition) is 3. The van der Waals surface area contributed by atoms with Crippen molar-refractivity contribution in [2.24, 2.45) is 0 Å². The van der Waals surface area contributed by atoms with Crippen LogP contribution in [0.5, 0.6) is 0 Å². The average Bonchev–Trinajstić information content (AvgIpc) is 3.93. The van der Waals surface area contributed by atoms with Gasteiger partial charge in [0.2, 0.25) is 0 Å². The van der Waals surface area contributed by atoms with Crippen LogP contribution in [-0.2, 0) is 0 Å². The van der Waals surface area contributed by atoms with Crippen LogP contribution in [0.4, 0.5) is 17.1 Å². The molecule has 0 aliphatic heterocycles. The first-order chi connectivity index (χ1) is 27.8. The molecule has 3 nitrogen and oxygen atoms in total. The SMILES string of the molecule is c1ccc2c(-n3c4ccccc4c4ccc(-c5ccc(N(c6ccc7c(c6)sc6ccccc67)c6cccc7c6oc6ccccc67)cc5)cc43)cccc2c1. The van der Waals surface area contributed by atoms with Gasteiger partial charge in [0.1, 0.15) is 5.58 Å². The van der Waals surface area contributed by atoms with Crippen LogP contribution < -0.4 is 4.90 Å². The topological polar surface area (TPSA) is 21.3 Å². The van der Waals surface area contributed by atoms with Crippen LogP contribution in [-0.4, -0.2) is 4.57 Å². The molecule has 0 N–H and O–H groups in total. The van der Waals surface area contributed by atoms with Gasteiger partial charge in [0.25, 0.3) is 0 Å². The molecule has 0 fully saturated rings. The number of fused-ring (bicyclic) bond motifs is 10. The van der Waals surface area contributed by atoms with Gasteiger partial charge < -0.3 is 13.9 Å². The fourth-order valence-electron chi connectivity index (χ4n) is 8.81. The molecule has 4 heteroatoms. The van der Waals surface area contributed by atoms with Gasteiger partial charge in [-0.1, -0.05) is 133 Å². The second-order valence-electron chi connectivity index (χ2n) is 14.5. The van der Waals surface area contributed by atoms with Crippen LogP contribution in [0.25, 0.3) is 91.5 Å². The second kappa shape index (κ2) is 12.2. The van der Waals surface area contributed by atoms with Gasteiger partial charge in [-0.25, -0.2) is 0 Å². The molecule has 0 radical (unpaired) electrons. The van der Waals surface area contributed by atoms with Gasteiger partial charge in [-0.2, -0.15) is 0 Å². The van der Waals surface area contributed by atoms with E-state index >= 15 is 0 Å². The Bertz CT molecular complexity index is 3490. The molecule has 0 saturated heterocycles. The molecule has 262 valence electrons. The summed E-state index contributed by atoms with van der Waals surface area (Å²) in [5.41, 5.74) is 10.8. The van der Waals surface area contributed by atoms with E-state index in [1.165, 1.54) is 64.0 Å². The second-order valence-corrected chi connectivity index (χ2v) is 15.6. The van der Waals surface area contributed by atoms with Crippen LogP contribution in [0.2, 0.25) is 0 Å². The predicted molar refractivity (Wildman–Crippen MR) is 239 cm³/mol. The molecule has 0 amide bonds. The van der Waals surface area contributed by atoms with Gasteiger partial charge in [-0.05, 0) is 77.2 Å². The molecule has 56 heavy (non-hydrogen) atoms. The Morgan fingerprint density at radius 2 is 1.05 bits per heavy atom. The van der Waals surface area contributed by atoms with Gasteiger partial charge in [0.15, 0.2) is 5.58 Å². The maximum absolute atomic E-state index is 6.63. The van der Waals surface area contributed by atoms with Crippen molar-refractivity contribution in [1.29, 1.82) is 0 Å². The summed E-state index contributed by atoms with van der Waals surface area (Å²) in [5, 5.41) is 9.78. The first-order valence-electron chi connectivity index (χ1n) is 19.0. The lowest BCUT2D eigenvalue weighted by molar-refractivity contribution is 0.669. The van der Waals surface area contributed by atoms with E-state index in [0.717, 1.165) is 44.6 Å². The minimum atomic E-state index is 0.876. The van der Waals surface area contributed by atoms with Crippen molar-refractivity contribution in [2.45, 2.75) is 0 Å². The van der Waals surface area contributed by atoms with Gasteiger partial charge in [-0.15, -0.1) is 11.3 Å². The van der Waals surface area contributed by atoms with E-state index < -0.39 is 0 Å². The van der Waals surface area contributed by atoms with Crippen molar-refractivity contribution < 1.29 is 4.42 Å². The number of anilines is 3. The highest BCUT2D eigenvalue weighted by Gasteiger charge is 2.21. The highest BCUT2D eigenvalue weighted by molar-refractivity contribution is 7.25. The number of furan rings is 1. The zero-order valence-corrected chi connectivity index (χ0v) is 31.0. The van der Waals surface area contributed by atoms with E-state index in [1.807, 2.05) is 17.4 Å². The van der Waals surface area contributed by atoms with Crippen molar-refractivity contribution in [3.63, 3.8) is 0 Å². The molecular weight excluding hydrogens is 701 g/mol. The van der Waals surface area contributed by atoms with E-state index in [2.05, 4.69) is 198 Å². The Morgan fingerprint density at radius 1 is 0.411 bits per heavy atom. The summed E-state index contributed by atoms with van der Waals surface area (Å²) in [5.74, 6) is 0. The lowest BCUT2D eigenvalue weighted by Crippen LogP contribution is -2.10. The number of rotatable bonds is 5. The maximum atomic E-state index is 6.63. The van der Waals surface area contributed by atoms with Gasteiger partial charge in [0.05, 0.1) is 22.4 Å². The van der Waals surface area contributed by atoms with Crippen LogP contribution >= 0.6 is 11.3 Å². The Morgan fingerprint density at radius 3 is 1.96 bits per heavy atom. The average molecular weight is 733 g/mol. The van der Waals surface area contributed by atoms with Gasteiger partial charge in [0, 0.05) is 58.5 Å². The molecule has 9 aromatic carbocycles. The zero-order chi connectivity index (χ0) is 36.7. The quantitative estimate of drug-likeness (QED) is 0.176. The lowest BCUT2D eigenvalue weighted by Gasteiger charge is -2.26. The minimum absolute atomic E-state index is 0.876. The predicted octanol–water partition coefficient (Wildman–Crippen LogP) is 15.3. The molecule has 3 aromatic heterocycles. The number of para-hydroxylation sites is 3. The highest BCUT2D eigenvalue weighted by atomic mass is 32.1. The number of nitrogens with zero attached hydrogens (tertiary/aromatic N) is 2. The van der Waals surface area contributed by atoms with E-state index in [4.69, 9.17) is 4.42 Å². The van der Waals surface area contributed by atoms with Crippen molar-refractivity contribution in [3.05, 3.63) is 194 Å². The summed E-state index contributed by atoms with van der Waals surface area (Å²) < 4.78 is 11.6. The molecule has 12 rings (SSSR count). The lowest BCUT2D eigenvalue weighted by atomic mass is 10.0. The third-order valence-electron chi connectivity index (χ3n) is 11.4. The first-order valence-corrected chi connectivity index (χ1v) is 19.8. The van der Waals surface area contributed by atoms with Crippen molar-refractivity contribution in [1.82, 2.24) is 4.57 Å². The molecule has 0 bridgehead atoms. The number of benzene rings is 9. The fraction of sp³-hybridized carbons (Fsp3) is 0. The smallest absolute Gasteiger partial charge is 0.159 e. The van der Waals surface area contributed by atoms with Crippen LogP contribution in [0.15, 0.2) is 199 Å². The Hall–Kier alpha value is -7.14. The van der Waals surface area contributed by atoms with Crippen LogP contribution in [0.1, 0.15) is 0 Å². The summed E-state index contributed by atoms with van der Waals surface area (Å²) in [7, 11) is 0. The molecule has 0 unspecified atom stereocenters. The normalized spacial score (nSPS) is 11.9. The van der Waals surface area contributed by atoms with Crippen molar-refractivity contribution in [3.8, 4) is 16.8 Å². The third kappa shape index (κ3) is 4.70. The van der Waals surface area contributed by atoms with Crippen molar-refractivity contribution >= 4 is 103 Å². The highest BCUT2D eigenvalue weighted by Crippen LogP contribution is 2.45. The minimum Gasteiger partial charge on any atom is -0.454 e. The largest absolute Gasteiger partial charge is 0.454 e. The Balaban J connectivity index is 1.03. The van der Waals surface area contributed by atoms with E-state index in [-0.39, 0.29) is 0 Å². The van der Waals surface area contributed by atoms with Crippen LogP contribution in [0.3, 0.4) is 0 Å². The van der Waals surface area contributed by atoms with Gasteiger partial charge >= 0.3 is 0 Å². The van der Waals surface area contributed by atoms with Crippen molar-refractivity contribution in [2.75, 3.05) is 4.90 Å². The number of aromatic nitrogens is 1. The standard InChI is InChI=1S/C52H32N2OS/c1-2-13-38-34(11-1)12-9-19-45(38)54-46-18-6-3-14-39(46)40-29-25-35(31-48(40)54)33-23-26-36(27-24-33)53(37-28-30-43-42-16-5-8-22-50(42)56-51(43)32-37)47-20-10-17-44-41-15-4-7-21-49(41)55-52(44)47/h1-32H. The van der Waals surface area contributed by atoms with Gasteiger partial charge in [-0.3, -0.25) is 0 Å². The summed E-state index contributed by atoms with van der Waals surface area (Å²) in [4.78, 5) is 2.35. The number of hydrogen-bond donors (Lipinski definition) is 0. The fourth-order valence-corrected chi connectivity index (χ4v) is 9.94. The first kappa shape index (κ1) is 31.2. The molecule has 12 aromatic rings. The molecule has 0 saturated carbocycles. The number of thiophene rings is 1. The van der Waals surface area contributed by atoms with Crippen LogP contribution in [0, 0.1) is 0 Å². The molecule has 0 spiro atoms. The summed E-state index contributed by atoms with van der Waals surface area (Å²) in [6, 6.07) is 70.2. The molecule has 0 aliphatic rings. The molecular formula is C52H32N2OS. The zero-order valence-electron chi connectivity index (χ0n) is 30.2. The van der Waals surface area contributed by atoms with E-state index in [0.29, 0.717) is 0 Å². The monoisotopic (exact) mass is 732 g/mol. The molecule has 0 aliphatic carbocycles. The summed E-state index contributed by atoms with van der Waals surface area (Å²) in [6.45, 7) is 0. The van der Waals surface area contributed by atoms with E-state index in [1.54, 1.807) is 0 Å². The van der Waals surface area contributed by atoms with E-state index in [9.17, 15) is 0 Å². The summed E-state index contributed by atoms with van der Waals surface area (Å²) >= 11 is 1.84.